The summed E-state index contributed by atoms with van der Waals surface area (Å²) in [5.74, 6) is 1.44. The van der Waals surface area contributed by atoms with Crippen LogP contribution in [0.15, 0.2) is 0 Å². The van der Waals surface area contributed by atoms with E-state index in [-0.39, 0.29) is 12.4 Å². The third kappa shape index (κ3) is 4.99. The molecule has 2 rings (SSSR count). The summed E-state index contributed by atoms with van der Waals surface area (Å²) in [7, 11) is -2.98. The van der Waals surface area contributed by atoms with Gasteiger partial charge in [0.15, 0.2) is 0 Å². The lowest BCUT2D eigenvalue weighted by Gasteiger charge is -2.09. The molecule has 1 heterocycles. The van der Waals surface area contributed by atoms with Crippen molar-refractivity contribution < 1.29 is 8.42 Å². The third-order valence-corrected chi connectivity index (χ3v) is 4.74. The van der Waals surface area contributed by atoms with E-state index >= 15 is 0 Å². The van der Waals surface area contributed by atoms with Gasteiger partial charge in [0.2, 0.25) is 10.0 Å². The van der Waals surface area contributed by atoms with Crippen LogP contribution in [-0.2, 0) is 10.0 Å². The average Bonchev–Trinajstić information content (AvgIpc) is 2.81. The molecule has 16 heavy (non-hydrogen) atoms. The topological polar surface area (TPSA) is 58.2 Å². The Labute approximate surface area is 104 Å². The van der Waals surface area contributed by atoms with Crippen LogP contribution in [-0.4, -0.2) is 33.8 Å². The van der Waals surface area contributed by atoms with Gasteiger partial charge in [-0.25, -0.2) is 13.1 Å². The van der Waals surface area contributed by atoms with Gasteiger partial charge in [-0.2, -0.15) is 0 Å². The van der Waals surface area contributed by atoms with Crippen LogP contribution in [0, 0.1) is 11.8 Å². The van der Waals surface area contributed by atoms with Gasteiger partial charge in [0.1, 0.15) is 0 Å². The van der Waals surface area contributed by atoms with Gasteiger partial charge in [0.05, 0.1) is 5.75 Å². The van der Waals surface area contributed by atoms with Gasteiger partial charge in [-0.3, -0.25) is 0 Å². The van der Waals surface area contributed by atoms with E-state index in [1.807, 2.05) is 0 Å². The van der Waals surface area contributed by atoms with E-state index in [0.29, 0.717) is 24.1 Å². The Morgan fingerprint density at radius 3 is 2.50 bits per heavy atom. The molecule has 1 saturated heterocycles. The van der Waals surface area contributed by atoms with Crippen LogP contribution in [0.3, 0.4) is 0 Å². The van der Waals surface area contributed by atoms with Gasteiger partial charge in [0.25, 0.3) is 0 Å². The quantitative estimate of drug-likeness (QED) is 0.747. The van der Waals surface area contributed by atoms with E-state index in [4.69, 9.17) is 0 Å². The molecule has 0 bridgehead atoms. The molecule has 1 saturated carbocycles. The summed E-state index contributed by atoms with van der Waals surface area (Å²) in [5.41, 5.74) is 0. The Morgan fingerprint density at radius 1 is 1.19 bits per heavy atom. The van der Waals surface area contributed by atoms with E-state index < -0.39 is 10.0 Å². The molecule has 1 atom stereocenters. The first kappa shape index (κ1) is 14.2. The van der Waals surface area contributed by atoms with Gasteiger partial charge in [-0.05, 0) is 50.6 Å². The molecule has 1 aliphatic carbocycles. The van der Waals surface area contributed by atoms with Crippen LogP contribution in [0.2, 0.25) is 0 Å². The number of sulfonamides is 1. The van der Waals surface area contributed by atoms with Crippen LogP contribution in [0.25, 0.3) is 0 Å². The number of rotatable bonds is 6. The Balaban J connectivity index is 0.00000128. The van der Waals surface area contributed by atoms with Crippen molar-refractivity contribution in [1.82, 2.24) is 10.0 Å². The minimum atomic E-state index is -2.98. The van der Waals surface area contributed by atoms with Gasteiger partial charge in [-0.15, -0.1) is 12.4 Å². The second kappa shape index (κ2) is 6.19. The van der Waals surface area contributed by atoms with Crippen molar-refractivity contribution in [3.05, 3.63) is 0 Å². The van der Waals surface area contributed by atoms with E-state index in [2.05, 4.69) is 10.0 Å². The fraction of sp³-hybridized carbons (Fsp3) is 1.00. The van der Waals surface area contributed by atoms with E-state index in [9.17, 15) is 8.42 Å². The van der Waals surface area contributed by atoms with Crippen molar-refractivity contribution in [2.75, 3.05) is 25.4 Å². The molecular formula is C10H21ClN2O2S. The van der Waals surface area contributed by atoms with Crippen molar-refractivity contribution in [2.45, 2.75) is 25.7 Å². The molecule has 0 spiro atoms. The molecular weight excluding hydrogens is 248 g/mol. The average molecular weight is 269 g/mol. The van der Waals surface area contributed by atoms with Crippen molar-refractivity contribution >= 4 is 22.4 Å². The van der Waals surface area contributed by atoms with Gasteiger partial charge in [0, 0.05) is 6.54 Å². The number of hydrogen-bond donors (Lipinski definition) is 2. The highest BCUT2D eigenvalue weighted by molar-refractivity contribution is 7.89. The Morgan fingerprint density at radius 2 is 1.94 bits per heavy atom. The van der Waals surface area contributed by atoms with Gasteiger partial charge < -0.3 is 5.32 Å². The molecule has 1 unspecified atom stereocenters. The lowest BCUT2D eigenvalue weighted by Crippen LogP contribution is -2.29. The summed E-state index contributed by atoms with van der Waals surface area (Å²) in [6, 6.07) is 0. The zero-order chi connectivity index (χ0) is 10.7. The normalized spacial score (nSPS) is 25.4. The maximum Gasteiger partial charge on any atom is 0.211 e. The maximum atomic E-state index is 11.5. The fourth-order valence-corrected chi connectivity index (χ4v) is 3.53. The predicted octanol–water partition coefficient (Wildman–Crippen LogP) is 0.737. The maximum absolute atomic E-state index is 11.5. The minimum absolute atomic E-state index is 0. The summed E-state index contributed by atoms with van der Waals surface area (Å²) >= 11 is 0. The molecule has 96 valence electrons. The molecule has 0 radical (unpaired) electrons. The van der Waals surface area contributed by atoms with Gasteiger partial charge >= 0.3 is 0 Å². The largest absolute Gasteiger partial charge is 0.316 e. The highest BCUT2D eigenvalue weighted by Crippen LogP contribution is 2.29. The molecule has 4 nitrogen and oxygen atoms in total. The molecule has 0 aromatic carbocycles. The van der Waals surface area contributed by atoms with E-state index in [0.717, 1.165) is 32.4 Å². The first-order valence-electron chi connectivity index (χ1n) is 5.84. The van der Waals surface area contributed by atoms with Crippen molar-refractivity contribution in [3.63, 3.8) is 0 Å². The number of hydrogen-bond acceptors (Lipinski definition) is 3. The molecule has 2 N–H and O–H groups in total. The summed E-state index contributed by atoms with van der Waals surface area (Å²) in [4.78, 5) is 0. The second-order valence-electron chi connectivity index (χ2n) is 4.77. The van der Waals surface area contributed by atoms with Crippen molar-refractivity contribution in [1.29, 1.82) is 0 Å². The van der Waals surface area contributed by atoms with Crippen molar-refractivity contribution in [2.24, 2.45) is 11.8 Å². The monoisotopic (exact) mass is 268 g/mol. The van der Waals surface area contributed by atoms with Crippen molar-refractivity contribution in [3.8, 4) is 0 Å². The summed E-state index contributed by atoms with van der Waals surface area (Å²) in [6.45, 7) is 2.74. The minimum Gasteiger partial charge on any atom is -0.316 e. The molecule has 0 aromatic rings. The zero-order valence-electron chi connectivity index (χ0n) is 9.44. The highest BCUT2D eigenvalue weighted by Gasteiger charge is 2.27. The molecule has 2 fully saturated rings. The molecule has 0 amide bonds. The lowest BCUT2D eigenvalue weighted by molar-refractivity contribution is 0.518. The van der Waals surface area contributed by atoms with Crippen LogP contribution < -0.4 is 10.0 Å². The first-order chi connectivity index (χ1) is 7.16. The standard InChI is InChI=1S/C10H20N2O2S.ClH/c13-15(14,8-10-1-2-10)12-6-4-9-3-5-11-7-9;/h9-12H,1-8H2;1H. The van der Waals surface area contributed by atoms with Crippen LogP contribution in [0.1, 0.15) is 25.7 Å². The summed E-state index contributed by atoms with van der Waals surface area (Å²) in [6.07, 6.45) is 4.34. The molecule has 2 aliphatic rings. The first-order valence-corrected chi connectivity index (χ1v) is 7.49. The Bertz CT molecular complexity index is 298. The van der Waals surface area contributed by atoms with Crippen LogP contribution in [0.5, 0.6) is 0 Å². The Hall–Kier alpha value is 0.160. The fourth-order valence-electron chi connectivity index (χ4n) is 2.03. The molecule has 0 aromatic heterocycles. The predicted molar refractivity (Wildman–Crippen MR) is 67.4 cm³/mol. The SMILES string of the molecule is Cl.O=S(=O)(CC1CC1)NCCC1CCNC1. The lowest BCUT2D eigenvalue weighted by atomic mass is 10.1. The number of halogens is 1. The van der Waals surface area contributed by atoms with Crippen LogP contribution in [0.4, 0.5) is 0 Å². The number of nitrogens with one attached hydrogen (secondary N) is 2. The zero-order valence-corrected chi connectivity index (χ0v) is 11.1. The highest BCUT2D eigenvalue weighted by atomic mass is 35.5. The smallest absolute Gasteiger partial charge is 0.211 e. The Kier molecular flexibility index (Phi) is 5.50. The van der Waals surface area contributed by atoms with E-state index in [1.165, 1.54) is 6.42 Å². The second-order valence-corrected chi connectivity index (χ2v) is 6.62. The van der Waals surface area contributed by atoms with Crippen LogP contribution >= 0.6 is 12.4 Å². The van der Waals surface area contributed by atoms with Gasteiger partial charge in [-0.1, -0.05) is 0 Å². The summed E-state index contributed by atoms with van der Waals surface area (Å²) < 4.78 is 25.8. The third-order valence-electron chi connectivity index (χ3n) is 3.19. The molecule has 6 heteroatoms. The summed E-state index contributed by atoms with van der Waals surface area (Å²) in [5, 5.41) is 3.28. The molecule has 1 aliphatic heterocycles. The van der Waals surface area contributed by atoms with E-state index in [1.54, 1.807) is 0 Å².